The molecular formula is C13H25NS. The summed E-state index contributed by atoms with van der Waals surface area (Å²) in [6.07, 6.45) is 8.61. The summed E-state index contributed by atoms with van der Waals surface area (Å²) in [5.41, 5.74) is 0.663. The molecular weight excluding hydrogens is 202 g/mol. The van der Waals surface area contributed by atoms with Gasteiger partial charge in [-0.3, -0.25) is 0 Å². The highest BCUT2D eigenvalue weighted by Crippen LogP contribution is 2.40. The second kappa shape index (κ2) is 5.09. The molecule has 2 aliphatic rings. The van der Waals surface area contributed by atoms with Gasteiger partial charge in [-0.2, -0.15) is 11.8 Å². The Morgan fingerprint density at radius 2 is 2.07 bits per heavy atom. The Balaban J connectivity index is 1.76. The quantitative estimate of drug-likeness (QED) is 0.789. The van der Waals surface area contributed by atoms with E-state index in [1.165, 1.54) is 50.8 Å². The van der Waals surface area contributed by atoms with Gasteiger partial charge in [0.15, 0.2) is 0 Å². The Morgan fingerprint density at radius 3 is 2.60 bits per heavy atom. The van der Waals surface area contributed by atoms with E-state index >= 15 is 0 Å². The van der Waals surface area contributed by atoms with E-state index in [9.17, 15) is 0 Å². The largest absolute Gasteiger partial charge is 0.313 e. The second-order valence-corrected chi connectivity index (χ2v) is 6.99. The van der Waals surface area contributed by atoms with Crippen LogP contribution in [0, 0.1) is 5.41 Å². The van der Waals surface area contributed by atoms with Gasteiger partial charge in [-0.15, -0.1) is 0 Å². The van der Waals surface area contributed by atoms with Crippen LogP contribution in [0.4, 0.5) is 0 Å². The molecule has 15 heavy (non-hydrogen) atoms. The van der Waals surface area contributed by atoms with Gasteiger partial charge in [-0.1, -0.05) is 26.7 Å². The van der Waals surface area contributed by atoms with Gasteiger partial charge in [-0.25, -0.2) is 0 Å². The average molecular weight is 227 g/mol. The summed E-state index contributed by atoms with van der Waals surface area (Å²) < 4.78 is 0. The van der Waals surface area contributed by atoms with Gasteiger partial charge in [0.05, 0.1) is 0 Å². The van der Waals surface area contributed by atoms with E-state index < -0.39 is 0 Å². The molecule has 2 atom stereocenters. The first kappa shape index (κ1) is 11.8. The van der Waals surface area contributed by atoms with Crippen molar-refractivity contribution < 1.29 is 0 Å². The van der Waals surface area contributed by atoms with Crippen molar-refractivity contribution in [2.75, 3.05) is 12.3 Å². The Kier molecular flexibility index (Phi) is 4.00. The summed E-state index contributed by atoms with van der Waals surface area (Å²) in [5, 5.41) is 4.70. The number of thioether (sulfide) groups is 1. The lowest BCUT2D eigenvalue weighted by Crippen LogP contribution is -2.38. The summed E-state index contributed by atoms with van der Waals surface area (Å²) in [6, 6.07) is 0.800. The van der Waals surface area contributed by atoms with Crippen molar-refractivity contribution in [3.05, 3.63) is 0 Å². The van der Waals surface area contributed by atoms with E-state index in [2.05, 4.69) is 30.9 Å². The molecule has 0 aromatic rings. The molecule has 1 saturated heterocycles. The maximum absolute atomic E-state index is 3.82. The van der Waals surface area contributed by atoms with Crippen LogP contribution in [-0.2, 0) is 0 Å². The van der Waals surface area contributed by atoms with Crippen molar-refractivity contribution in [1.29, 1.82) is 0 Å². The van der Waals surface area contributed by atoms with Crippen molar-refractivity contribution in [3.8, 4) is 0 Å². The topological polar surface area (TPSA) is 12.0 Å². The molecule has 2 unspecified atom stereocenters. The van der Waals surface area contributed by atoms with Crippen molar-refractivity contribution in [1.82, 2.24) is 5.32 Å². The van der Waals surface area contributed by atoms with Gasteiger partial charge in [0.25, 0.3) is 0 Å². The minimum atomic E-state index is 0.663. The molecule has 1 aliphatic carbocycles. The lowest BCUT2D eigenvalue weighted by atomic mass is 9.83. The normalized spacial score (nSPS) is 34.8. The number of hydrogen-bond acceptors (Lipinski definition) is 2. The van der Waals surface area contributed by atoms with E-state index in [4.69, 9.17) is 0 Å². The zero-order valence-electron chi connectivity index (χ0n) is 10.2. The maximum atomic E-state index is 3.82. The molecule has 2 heteroatoms. The zero-order valence-corrected chi connectivity index (χ0v) is 11.0. The zero-order chi connectivity index (χ0) is 10.7. The highest BCUT2D eigenvalue weighted by atomic mass is 32.2. The Hall–Kier alpha value is 0.310. The highest BCUT2D eigenvalue weighted by molar-refractivity contribution is 8.00. The summed E-state index contributed by atoms with van der Waals surface area (Å²) >= 11 is 2.13. The molecule has 1 heterocycles. The molecule has 0 bridgehead atoms. The first-order chi connectivity index (χ1) is 7.24. The van der Waals surface area contributed by atoms with Crippen LogP contribution < -0.4 is 5.32 Å². The fraction of sp³-hybridized carbons (Fsp3) is 1.00. The van der Waals surface area contributed by atoms with Gasteiger partial charge in [0, 0.05) is 23.6 Å². The van der Waals surface area contributed by atoms with Crippen LogP contribution >= 0.6 is 11.8 Å². The van der Waals surface area contributed by atoms with Crippen LogP contribution in [0.3, 0.4) is 0 Å². The van der Waals surface area contributed by atoms with E-state index in [0.717, 1.165) is 11.3 Å². The van der Waals surface area contributed by atoms with E-state index in [1.54, 1.807) is 0 Å². The molecule has 0 aromatic carbocycles. The molecule has 0 spiro atoms. The Bertz CT molecular complexity index is 199. The van der Waals surface area contributed by atoms with Crippen LogP contribution in [0.25, 0.3) is 0 Å². The monoisotopic (exact) mass is 227 g/mol. The average Bonchev–Trinajstić information content (AvgIpc) is 2.85. The van der Waals surface area contributed by atoms with Crippen LogP contribution in [0.5, 0.6) is 0 Å². The van der Waals surface area contributed by atoms with Gasteiger partial charge in [0.1, 0.15) is 0 Å². The highest BCUT2D eigenvalue weighted by Gasteiger charge is 2.33. The van der Waals surface area contributed by atoms with Gasteiger partial charge in [0.2, 0.25) is 0 Å². The minimum Gasteiger partial charge on any atom is -0.313 e. The third-order valence-corrected chi connectivity index (χ3v) is 5.73. The number of nitrogens with one attached hydrogen (secondary N) is 1. The molecule has 0 radical (unpaired) electrons. The van der Waals surface area contributed by atoms with E-state index in [-0.39, 0.29) is 0 Å². The summed E-state index contributed by atoms with van der Waals surface area (Å²) in [6.45, 7) is 6.01. The lowest BCUT2D eigenvalue weighted by Gasteiger charge is -2.29. The maximum Gasteiger partial charge on any atom is 0.0168 e. The SMILES string of the molecule is CCC1(CNC2CSC(C)C2)CCCC1. The van der Waals surface area contributed by atoms with Crippen molar-refractivity contribution in [2.45, 2.75) is 63.7 Å². The van der Waals surface area contributed by atoms with Crippen molar-refractivity contribution in [3.63, 3.8) is 0 Å². The standard InChI is InChI=1S/C13H25NS/c1-3-13(6-4-5-7-13)10-14-12-8-11(2)15-9-12/h11-12,14H,3-10H2,1-2H3. The number of rotatable bonds is 4. The Morgan fingerprint density at radius 1 is 1.33 bits per heavy atom. The smallest absolute Gasteiger partial charge is 0.0168 e. The van der Waals surface area contributed by atoms with Crippen molar-refractivity contribution >= 4 is 11.8 Å². The van der Waals surface area contributed by atoms with Gasteiger partial charge in [-0.05, 0) is 31.1 Å². The Labute approximate surface area is 98.8 Å². The predicted molar refractivity (Wildman–Crippen MR) is 69.5 cm³/mol. The van der Waals surface area contributed by atoms with Crippen LogP contribution in [0.2, 0.25) is 0 Å². The van der Waals surface area contributed by atoms with Gasteiger partial charge >= 0.3 is 0 Å². The molecule has 1 N–H and O–H groups in total. The van der Waals surface area contributed by atoms with Crippen LogP contribution in [0.1, 0.15) is 52.4 Å². The van der Waals surface area contributed by atoms with Gasteiger partial charge < -0.3 is 5.32 Å². The molecule has 1 nitrogen and oxygen atoms in total. The molecule has 0 aromatic heterocycles. The minimum absolute atomic E-state index is 0.663. The lowest BCUT2D eigenvalue weighted by molar-refractivity contribution is 0.258. The van der Waals surface area contributed by atoms with E-state index in [0.29, 0.717) is 5.41 Å². The molecule has 1 saturated carbocycles. The fourth-order valence-corrected chi connectivity index (χ4v) is 4.28. The predicted octanol–water partition coefficient (Wildman–Crippen LogP) is 3.44. The first-order valence-electron chi connectivity index (χ1n) is 6.59. The van der Waals surface area contributed by atoms with Crippen LogP contribution in [-0.4, -0.2) is 23.6 Å². The fourth-order valence-electron chi connectivity index (χ4n) is 3.10. The third kappa shape index (κ3) is 2.91. The molecule has 88 valence electrons. The summed E-state index contributed by atoms with van der Waals surface area (Å²) in [4.78, 5) is 0. The second-order valence-electron chi connectivity index (χ2n) is 5.52. The summed E-state index contributed by atoms with van der Waals surface area (Å²) in [7, 11) is 0. The molecule has 0 amide bonds. The van der Waals surface area contributed by atoms with Crippen molar-refractivity contribution in [2.24, 2.45) is 5.41 Å². The summed E-state index contributed by atoms with van der Waals surface area (Å²) in [5.74, 6) is 1.33. The first-order valence-corrected chi connectivity index (χ1v) is 7.64. The molecule has 1 aliphatic heterocycles. The molecule has 2 rings (SSSR count). The van der Waals surface area contributed by atoms with E-state index in [1.807, 2.05) is 0 Å². The number of hydrogen-bond donors (Lipinski definition) is 1. The third-order valence-electron chi connectivity index (χ3n) is 4.38. The molecule has 2 fully saturated rings. The van der Waals surface area contributed by atoms with Crippen LogP contribution in [0.15, 0.2) is 0 Å².